The molecule has 0 bridgehead atoms. The smallest absolute Gasteiger partial charge is 0.126 e. The lowest BCUT2D eigenvalue weighted by Crippen LogP contribution is -2.08. The van der Waals surface area contributed by atoms with Crippen molar-refractivity contribution in [2.45, 2.75) is 31.9 Å². The van der Waals surface area contributed by atoms with Crippen LogP contribution in [0.2, 0.25) is 0 Å². The molecule has 4 nitrogen and oxygen atoms in total. The molecular formula is C21H26N4S. The van der Waals surface area contributed by atoms with Crippen molar-refractivity contribution in [1.29, 1.82) is 0 Å². The zero-order valence-corrected chi connectivity index (χ0v) is 16.2. The van der Waals surface area contributed by atoms with Gasteiger partial charge in [-0.3, -0.25) is 0 Å². The maximum absolute atomic E-state index is 6.28. The SMILES string of the molecule is C=C(Nc1ccc(NCCC(C)S)nc1)C1=C(N)Cc2cc(C)ccc21. The lowest BCUT2D eigenvalue weighted by Gasteiger charge is -2.14. The number of aromatic nitrogens is 1. The van der Waals surface area contributed by atoms with E-state index in [0.29, 0.717) is 5.25 Å². The van der Waals surface area contributed by atoms with E-state index in [9.17, 15) is 0 Å². The van der Waals surface area contributed by atoms with Gasteiger partial charge in [0.2, 0.25) is 0 Å². The van der Waals surface area contributed by atoms with Crippen LogP contribution in [0.15, 0.2) is 54.5 Å². The number of anilines is 2. The minimum absolute atomic E-state index is 0.378. The van der Waals surface area contributed by atoms with E-state index >= 15 is 0 Å². The number of nitrogens with zero attached hydrogens (tertiary/aromatic N) is 1. The number of nitrogens with one attached hydrogen (secondary N) is 2. The monoisotopic (exact) mass is 366 g/mol. The molecule has 0 radical (unpaired) electrons. The summed E-state index contributed by atoms with van der Waals surface area (Å²) in [7, 11) is 0. The molecule has 1 heterocycles. The summed E-state index contributed by atoms with van der Waals surface area (Å²) in [5.74, 6) is 0.857. The van der Waals surface area contributed by atoms with Crippen LogP contribution in [-0.2, 0) is 6.42 Å². The third-order valence-corrected chi connectivity index (χ3v) is 4.72. The summed E-state index contributed by atoms with van der Waals surface area (Å²) in [5.41, 5.74) is 13.5. The van der Waals surface area contributed by atoms with Crippen LogP contribution >= 0.6 is 12.6 Å². The number of fused-ring (bicyclic) bond motifs is 1. The minimum Gasteiger partial charge on any atom is -0.401 e. The molecule has 0 saturated heterocycles. The first kappa shape index (κ1) is 18.4. The third kappa shape index (κ3) is 4.22. The number of thiol groups is 1. The van der Waals surface area contributed by atoms with Gasteiger partial charge in [-0.25, -0.2) is 4.98 Å². The molecule has 0 amide bonds. The number of allylic oxidation sites excluding steroid dienone is 2. The van der Waals surface area contributed by atoms with E-state index in [1.807, 2.05) is 12.1 Å². The lowest BCUT2D eigenvalue weighted by molar-refractivity contribution is 0.853. The van der Waals surface area contributed by atoms with Crippen LogP contribution in [-0.4, -0.2) is 16.8 Å². The highest BCUT2D eigenvalue weighted by Gasteiger charge is 2.21. The molecule has 1 atom stereocenters. The second-order valence-electron chi connectivity index (χ2n) is 6.84. The molecule has 1 aliphatic rings. The molecule has 0 fully saturated rings. The van der Waals surface area contributed by atoms with Gasteiger partial charge in [-0.05, 0) is 36.6 Å². The zero-order chi connectivity index (χ0) is 18.7. The maximum Gasteiger partial charge on any atom is 0.126 e. The molecule has 1 aromatic carbocycles. The molecule has 5 heteroatoms. The van der Waals surface area contributed by atoms with E-state index in [1.165, 1.54) is 11.1 Å². The Morgan fingerprint density at radius 3 is 2.85 bits per heavy atom. The van der Waals surface area contributed by atoms with E-state index < -0.39 is 0 Å². The van der Waals surface area contributed by atoms with Crippen molar-refractivity contribution < 1.29 is 0 Å². The Kier molecular flexibility index (Phi) is 5.57. The largest absolute Gasteiger partial charge is 0.401 e. The number of aryl methyl sites for hydroxylation is 1. The average Bonchev–Trinajstić information content (AvgIpc) is 2.91. The number of hydrogen-bond donors (Lipinski definition) is 4. The summed E-state index contributed by atoms with van der Waals surface area (Å²) in [6.45, 7) is 9.23. The quantitative estimate of drug-likeness (QED) is 0.550. The molecule has 0 aliphatic heterocycles. The molecule has 26 heavy (non-hydrogen) atoms. The Morgan fingerprint density at radius 1 is 1.35 bits per heavy atom. The molecule has 1 aromatic heterocycles. The minimum atomic E-state index is 0.378. The van der Waals surface area contributed by atoms with Crippen LogP contribution in [0.4, 0.5) is 11.5 Å². The molecule has 3 rings (SSSR count). The molecular weight excluding hydrogens is 340 g/mol. The maximum atomic E-state index is 6.28. The third-order valence-electron chi connectivity index (χ3n) is 4.46. The number of hydrogen-bond acceptors (Lipinski definition) is 5. The van der Waals surface area contributed by atoms with E-state index in [-0.39, 0.29) is 0 Å². The Balaban J connectivity index is 1.66. The van der Waals surface area contributed by atoms with Crippen molar-refractivity contribution in [2.75, 3.05) is 17.2 Å². The van der Waals surface area contributed by atoms with Gasteiger partial charge < -0.3 is 16.4 Å². The first-order valence-electron chi connectivity index (χ1n) is 8.87. The highest BCUT2D eigenvalue weighted by atomic mass is 32.1. The van der Waals surface area contributed by atoms with Crippen LogP contribution in [0.25, 0.3) is 5.57 Å². The molecule has 1 aliphatic carbocycles. The van der Waals surface area contributed by atoms with Crippen LogP contribution in [0.5, 0.6) is 0 Å². The first-order chi connectivity index (χ1) is 12.4. The Morgan fingerprint density at radius 2 is 2.15 bits per heavy atom. The van der Waals surface area contributed by atoms with E-state index in [1.54, 1.807) is 6.20 Å². The summed E-state index contributed by atoms with van der Waals surface area (Å²) in [4.78, 5) is 4.44. The fraction of sp³-hybridized carbons (Fsp3) is 0.286. The van der Waals surface area contributed by atoms with Gasteiger partial charge >= 0.3 is 0 Å². The van der Waals surface area contributed by atoms with Gasteiger partial charge in [-0.15, -0.1) is 0 Å². The number of nitrogens with two attached hydrogens (primary N) is 1. The summed E-state index contributed by atoms with van der Waals surface area (Å²) in [5, 5.41) is 7.01. The number of benzene rings is 1. The first-order valence-corrected chi connectivity index (χ1v) is 9.38. The summed E-state index contributed by atoms with van der Waals surface area (Å²) in [6, 6.07) is 10.4. The van der Waals surface area contributed by atoms with E-state index in [4.69, 9.17) is 5.73 Å². The molecule has 4 N–H and O–H groups in total. The number of rotatable bonds is 7. The lowest BCUT2D eigenvalue weighted by atomic mass is 10.0. The molecule has 0 spiro atoms. The van der Waals surface area contributed by atoms with Gasteiger partial charge in [0.25, 0.3) is 0 Å². The summed E-state index contributed by atoms with van der Waals surface area (Å²) < 4.78 is 0. The number of pyridine rings is 1. The van der Waals surface area contributed by atoms with Gasteiger partial charge in [0.15, 0.2) is 0 Å². The molecule has 136 valence electrons. The Bertz CT molecular complexity index is 838. The fourth-order valence-corrected chi connectivity index (χ4v) is 3.28. The molecule has 1 unspecified atom stereocenters. The van der Waals surface area contributed by atoms with Crippen LogP contribution in [0.1, 0.15) is 30.0 Å². The second-order valence-corrected chi connectivity index (χ2v) is 7.72. The zero-order valence-electron chi connectivity index (χ0n) is 15.3. The van der Waals surface area contributed by atoms with Crippen molar-refractivity contribution in [3.05, 3.63) is 71.2 Å². The van der Waals surface area contributed by atoms with Crippen molar-refractivity contribution in [3.8, 4) is 0 Å². The van der Waals surface area contributed by atoms with Crippen molar-refractivity contribution >= 4 is 29.7 Å². The molecule has 0 saturated carbocycles. The average molecular weight is 367 g/mol. The van der Waals surface area contributed by atoms with Crippen LogP contribution in [0.3, 0.4) is 0 Å². The Hall–Kier alpha value is -2.40. The van der Waals surface area contributed by atoms with Gasteiger partial charge in [-0.2, -0.15) is 12.6 Å². The van der Waals surface area contributed by atoms with Crippen molar-refractivity contribution in [3.63, 3.8) is 0 Å². The summed E-state index contributed by atoms with van der Waals surface area (Å²) >= 11 is 4.38. The van der Waals surface area contributed by atoms with Gasteiger partial charge in [0.05, 0.1) is 11.9 Å². The predicted octanol–water partition coefficient (Wildman–Crippen LogP) is 4.36. The Labute approximate surface area is 161 Å². The van der Waals surface area contributed by atoms with Gasteiger partial charge in [0.1, 0.15) is 5.82 Å². The highest BCUT2D eigenvalue weighted by molar-refractivity contribution is 7.80. The standard InChI is InChI=1S/C21H26N4S/c1-13-4-6-18-16(10-13)11-19(22)21(18)15(3)25-17-5-7-20(24-12-17)23-9-8-14(2)26/h4-7,10,12,14,25-26H,3,8-9,11,22H2,1-2H3,(H,23,24). The summed E-state index contributed by atoms with van der Waals surface area (Å²) in [6.07, 6.45) is 3.57. The second kappa shape index (κ2) is 7.87. The fourth-order valence-electron chi connectivity index (χ4n) is 3.15. The predicted molar refractivity (Wildman–Crippen MR) is 115 cm³/mol. The van der Waals surface area contributed by atoms with E-state index in [0.717, 1.165) is 53.4 Å². The normalized spacial score (nSPS) is 14.1. The molecule has 2 aromatic rings. The van der Waals surface area contributed by atoms with Crippen LogP contribution in [0, 0.1) is 6.92 Å². The topological polar surface area (TPSA) is 63.0 Å². The van der Waals surface area contributed by atoms with Gasteiger partial charge in [-0.1, -0.05) is 37.3 Å². The van der Waals surface area contributed by atoms with Crippen molar-refractivity contribution in [1.82, 2.24) is 4.98 Å². The van der Waals surface area contributed by atoms with Crippen molar-refractivity contribution in [2.24, 2.45) is 5.73 Å². The van der Waals surface area contributed by atoms with Crippen LogP contribution < -0.4 is 16.4 Å². The van der Waals surface area contributed by atoms with Gasteiger partial charge in [0, 0.05) is 35.2 Å². The van der Waals surface area contributed by atoms with E-state index in [2.05, 4.69) is 66.9 Å². The highest BCUT2D eigenvalue weighted by Crippen LogP contribution is 2.35.